The molecule has 1 N–H and O–H groups in total. The fourth-order valence-electron chi connectivity index (χ4n) is 2.66. The number of nitrogens with zero attached hydrogens (tertiary/aromatic N) is 2. The van der Waals surface area contributed by atoms with E-state index >= 15 is 0 Å². The monoisotopic (exact) mass is 383 g/mol. The van der Waals surface area contributed by atoms with Crippen LogP contribution in [-0.4, -0.2) is 41.5 Å². The average molecular weight is 383 g/mol. The molecule has 1 aromatic heterocycles. The number of nitrogens with one attached hydrogen (secondary N) is 1. The number of rotatable bonds is 6. The highest BCUT2D eigenvalue weighted by Crippen LogP contribution is 2.33. The molecule has 140 valence electrons. The van der Waals surface area contributed by atoms with Crippen LogP contribution in [0.2, 0.25) is 0 Å². The Bertz CT molecular complexity index is 786. The molecular weight excluding hydrogens is 363 g/mol. The second-order valence-electron chi connectivity index (χ2n) is 6.57. The fraction of sp³-hybridized carbons (Fsp3) is 0.444. The molecule has 0 spiro atoms. The van der Waals surface area contributed by atoms with E-state index in [0.717, 1.165) is 23.5 Å². The number of hydrogen-bond acceptors (Lipinski definition) is 4. The van der Waals surface area contributed by atoms with Gasteiger partial charge >= 0.3 is 6.18 Å². The third-order valence-electron chi connectivity index (χ3n) is 4.55. The smallest absolute Gasteiger partial charge is 0.349 e. The molecule has 0 aliphatic heterocycles. The lowest BCUT2D eigenvalue weighted by molar-refractivity contribution is -0.137. The minimum Gasteiger partial charge on any atom is -0.349 e. The molecular formula is C18H20F3N3OS. The van der Waals surface area contributed by atoms with E-state index in [1.54, 1.807) is 11.4 Å². The van der Waals surface area contributed by atoms with Gasteiger partial charge in [-0.3, -0.25) is 9.69 Å². The molecule has 1 amide bonds. The average Bonchev–Trinajstić information content (AvgIpc) is 3.34. The predicted octanol–water partition coefficient (Wildman–Crippen LogP) is 4.04. The third kappa shape index (κ3) is 4.42. The number of aromatic nitrogens is 1. The topological polar surface area (TPSA) is 45.2 Å². The number of thiazole rings is 1. The molecule has 1 aliphatic carbocycles. The summed E-state index contributed by atoms with van der Waals surface area (Å²) in [6, 6.07) is 5.79. The summed E-state index contributed by atoms with van der Waals surface area (Å²) in [4.78, 5) is 18.7. The summed E-state index contributed by atoms with van der Waals surface area (Å²) in [5.41, 5.74) is -0.150. The van der Waals surface area contributed by atoms with Crippen LogP contribution in [0.15, 0.2) is 29.6 Å². The Morgan fingerprint density at radius 3 is 2.81 bits per heavy atom. The maximum atomic E-state index is 12.8. The highest BCUT2D eigenvalue weighted by atomic mass is 32.1. The van der Waals surface area contributed by atoms with Crippen molar-refractivity contribution < 1.29 is 18.0 Å². The van der Waals surface area contributed by atoms with Gasteiger partial charge in [0.1, 0.15) is 10.7 Å². The zero-order chi connectivity index (χ0) is 18.9. The molecule has 0 radical (unpaired) electrons. The van der Waals surface area contributed by atoms with Crippen LogP contribution in [0.3, 0.4) is 0 Å². The minimum atomic E-state index is -4.41. The van der Waals surface area contributed by atoms with E-state index in [4.69, 9.17) is 0 Å². The quantitative estimate of drug-likeness (QED) is 0.819. The molecule has 2 aromatic rings. The van der Waals surface area contributed by atoms with Crippen LogP contribution in [0, 0.1) is 0 Å². The summed E-state index contributed by atoms with van der Waals surface area (Å²) in [7, 11) is 2.04. The lowest BCUT2D eigenvalue weighted by atomic mass is 10.1. The molecule has 3 rings (SSSR count). The van der Waals surface area contributed by atoms with Gasteiger partial charge in [0.05, 0.1) is 5.56 Å². The first kappa shape index (κ1) is 18.8. The first-order valence-corrected chi connectivity index (χ1v) is 9.27. The van der Waals surface area contributed by atoms with Gasteiger partial charge in [-0.1, -0.05) is 12.1 Å². The number of alkyl halides is 3. The van der Waals surface area contributed by atoms with Crippen LogP contribution in [0.25, 0.3) is 10.6 Å². The summed E-state index contributed by atoms with van der Waals surface area (Å²) < 4.78 is 38.5. The number of benzene rings is 1. The van der Waals surface area contributed by atoms with E-state index in [1.165, 1.54) is 18.9 Å². The Morgan fingerprint density at radius 1 is 1.42 bits per heavy atom. The largest absolute Gasteiger partial charge is 0.416 e. The highest BCUT2D eigenvalue weighted by molar-refractivity contribution is 7.13. The number of likely N-dealkylation sites (N-methyl/N-ethyl adjacent to an activating group) is 1. The van der Waals surface area contributed by atoms with Crippen LogP contribution in [0.5, 0.6) is 0 Å². The van der Waals surface area contributed by atoms with E-state index in [0.29, 0.717) is 23.2 Å². The van der Waals surface area contributed by atoms with Gasteiger partial charge in [-0.2, -0.15) is 13.2 Å². The lowest BCUT2D eigenvalue weighted by Crippen LogP contribution is -2.41. The molecule has 26 heavy (non-hydrogen) atoms. The van der Waals surface area contributed by atoms with Crippen molar-refractivity contribution in [3.05, 3.63) is 40.9 Å². The molecule has 1 aromatic carbocycles. The van der Waals surface area contributed by atoms with E-state index in [9.17, 15) is 18.0 Å². The van der Waals surface area contributed by atoms with Gasteiger partial charge in [-0.05, 0) is 38.9 Å². The van der Waals surface area contributed by atoms with Gasteiger partial charge in [-0.15, -0.1) is 11.3 Å². The van der Waals surface area contributed by atoms with Gasteiger partial charge in [0, 0.05) is 29.6 Å². The van der Waals surface area contributed by atoms with Crippen molar-refractivity contribution in [2.24, 2.45) is 0 Å². The molecule has 1 saturated carbocycles. The van der Waals surface area contributed by atoms with E-state index in [1.807, 2.05) is 14.0 Å². The molecule has 1 aliphatic rings. The van der Waals surface area contributed by atoms with Crippen molar-refractivity contribution >= 4 is 17.2 Å². The molecule has 0 bridgehead atoms. The van der Waals surface area contributed by atoms with Crippen molar-refractivity contribution in [3.63, 3.8) is 0 Å². The number of amides is 1. The van der Waals surface area contributed by atoms with Gasteiger partial charge in [-0.25, -0.2) is 4.98 Å². The Hall–Kier alpha value is -1.93. The SMILES string of the molecule is CC(CNC(=O)c1csc(-c2cccc(C(F)(F)F)c2)n1)N(C)C1CC1. The summed E-state index contributed by atoms with van der Waals surface area (Å²) in [5, 5.41) is 4.81. The van der Waals surface area contributed by atoms with E-state index in [2.05, 4.69) is 15.2 Å². The standard InChI is InChI=1S/C18H20F3N3OS/c1-11(24(2)14-6-7-14)9-22-16(25)15-10-26-17(23-15)12-4-3-5-13(8-12)18(19,20)21/h3-5,8,10-11,14H,6-7,9H2,1-2H3,(H,22,25). The summed E-state index contributed by atoms with van der Waals surface area (Å²) >= 11 is 1.16. The normalized spacial score (nSPS) is 15.9. The van der Waals surface area contributed by atoms with Crippen molar-refractivity contribution in [1.82, 2.24) is 15.2 Å². The van der Waals surface area contributed by atoms with Crippen molar-refractivity contribution in [3.8, 4) is 10.6 Å². The van der Waals surface area contributed by atoms with Gasteiger partial charge in [0.2, 0.25) is 0 Å². The number of hydrogen-bond donors (Lipinski definition) is 1. The summed E-state index contributed by atoms with van der Waals surface area (Å²) in [5.74, 6) is -0.310. The summed E-state index contributed by atoms with van der Waals surface area (Å²) in [6.45, 7) is 2.55. The van der Waals surface area contributed by atoms with Crippen molar-refractivity contribution in [2.75, 3.05) is 13.6 Å². The predicted molar refractivity (Wildman–Crippen MR) is 95.1 cm³/mol. The van der Waals surface area contributed by atoms with Crippen LogP contribution < -0.4 is 5.32 Å². The molecule has 1 atom stereocenters. The maximum absolute atomic E-state index is 12.8. The molecule has 1 unspecified atom stereocenters. The zero-order valence-electron chi connectivity index (χ0n) is 14.5. The Kier molecular flexibility index (Phi) is 5.34. The van der Waals surface area contributed by atoms with Crippen LogP contribution >= 0.6 is 11.3 Å². The van der Waals surface area contributed by atoms with Crippen molar-refractivity contribution in [1.29, 1.82) is 0 Å². The molecule has 1 fully saturated rings. The van der Waals surface area contributed by atoms with Gasteiger partial charge < -0.3 is 5.32 Å². The van der Waals surface area contributed by atoms with Crippen molar-refractivity contribution in [2.45, 2.75) is 38.0 Å². The second kappa shape index (κ2) is 7.36. The Balaban J connectivity index is 1.64. The van der Waals surface area contributed by atoms with Crippen LogP contribution in [0.4, 0.5) is 13.2 Å². The first-order valence-electron chi connectivity index (χ1n) is 8.39. The van der Waals surface area contributed by atoms with E-state index in [-0.39, 0.29) is 17.6 Å². The molecule has 8 heteroatoms. The molecule has 0 saturated heterocycles. The third-order valence-corrected chi connectivity index (χ3v) is 5.44. The maximum Gasteiger partial charge on any atom is 0.416 e. The number of carbonyl (C=O) groups is 1. The minimum absolute atomic E-state index is 0.216. The zero-order valence-corrected chi connectivity index (χ0v) is 15.3. The Morgan fingerprint density at radius 2 is 2.15 bits per heavy atom. The first-order chi connectivity index (χ1) is 12.3. The second-order valence-corrected chi connectivity index (χ2v) is 7.43. The highest BCUT2D eigenvalue weighted by Gasteiger charge is 2.31. The molecule has 1 heterocycles. The summed E-state index contributed by atoms with van der Waals surface area (Å²) in [6.07, 6.45) is -2.01. The van der Waals surface area contributed by atoms with E-state index < -0.39 is 11.7 Å². The fourth-order valence-corrected chi connectivity index (χ4v) is 3.45. The molecule has 4 nitrogen and oxygen atoms in total. The van der Waals surface area contributed by atoms with Crippen LogP contribution in [0.1, 0.15) is 35.8 Å². The Labute approximate surface area is 154 Å². The van der Waals surface area contributed by atoms with Gasteiger partial charge in [0.15, 0.2) is 0 Å². The number of carbonyl (C=O) groups excluding carboxylic acids is 1. The van der Waals surface area contributed by atoms with Gasteiger partial charge in [0.25, 0.3) is 5.91 Å². The number of halogens is 3. The van der Waals surface area contributed by atoms with Crippen LogP contribution in [-0.2, 0) is 6.18 Å². The lowest BCUT2D eigenvalue weighted by Gasteiger charge is -2.24.